The van der Waals surface area contributed by atoms with Gasteiger partial charge in [0, 0.05) is 0 Å². The smallest absolute Gasteiger partial charge is 0.412 e. The highest BCUT2D eigenvalue weighted by Gasteiger charge is 2.25. The molecule has 1 atom stereocenters. The second kappa shape index (κ2) is 5.58. The van der Waals surface area contributed by atoms with E-state index in [2.05, 4.69) is 10.5 Å². The number of rotatable bonds is 5. The molecule has 4 N–H and O–H groups in total. The van der Waals surface area contributed by atoms with Crippen molar-refractivity contribution in [1.29, 1.82) is 0 Å². The van der Waals surface area contributed by atoms with Crippen molar-refractivity contribution in [2.24, 2.45) is 11.7 Å². The van der Waals surface area contributed by atoms with Gasteiger partial charge in [-0.25, -0.2) is 4.79 Å². The van der Waals surface area contributed by atoms with Crippen LogP contribution in [0.1, 0.15) is 12.8 Å². The second-order valence-corrected chi connectivity index (χ2v) is 2.63. The minimum absolute atomic E-state index is 0.718. The van der Waals surface area contributed by atoms with Gasteiger partial charge < -0.3 is 20.7 Å². The molecule has 0 saturated heterocycles. The van der Waals surface area contributed by atoms with Crippen LogP contribution in [0.3, 0.4) is 0 Å². The van der Waals surface area contributed by atoms with Gasteiger partial charge in [-0.2, -0.15) is 0 Å². The van der Waals surface area contributed by atoms with E-state index in [1.54, 1.807) is 0 Å². The number of carboxylic acids is 2. The molecule has 84 valence electrons. The Kier molecular flexibility index (Phi) is 4.79. The van der Waals surface area contributed by atoms with Crippen molar-refractivity contribution in [3.05, 3.63) is 0 Å². The van der Waals surface area contributed by atoms with Gasteiger partial charge in [-0.1, -0.05) is 0 Å². The third-order valence-electron chi connectivity index (χ3n) is 1.40. The number of carboxylic acid groups (broad SMARTS) is 2. The van der Waals surface area contributed by atoms with Crippen LogP contribution in [0.25, 0.3) is 0 Å². The zero-order valence-electron chi connectivity index (χ0n) is 7.50. The summed E-state index contributed by atoms with van der Waals surface area (Å²) in [6, 6.07) is 0. The summed E-state index contributed by atoms with van der Waals surface area (Å²) in [5, 5.41) is 16.8. The van der Waals surface area contributed by atoms with Crippen LogP contribution in [-0.2, 0) is 19.1 Å². The lowest BCUT2D eigenvalue weighted by molar-refractivity contribution is -0.152. The van der Waals surface area contributed by atoms with E-state index in [1.165, 1.54) is 0 Å². The zero-order chi connectivity index (χ0) is 12.0. The number of esters is 1. The van der Waals surface area contributed by atoms with Crippen LogP contribution in [0.15, 0.2) is 0 Å². The summed E-state index contributed by atoms with van der Waals surface area (Å²) in [7, 11) is 0. The third-order valence-corrected chi connectivity index (χ3v) is 1.40. The average molecular weight is 219 g/mol. The predicted molar refractivity (Wildman–Crippen MR) is 43.7 cm³/mol. The Morgan fingerprint density at radius 3 is 2.00 bits per heavy atom. The highest BCUT2D eigenvalue weighted by Crippen LogP contribution is 2.10. The molecule has 0 spiro atoms. The van der Waals surface area contributed by atoms with Gasteiger partial charge in [0.2, 0.25) is 0 Å². The molecular formula is C7H9NO7. The summed E-state index contributed by atoms with van der Waals surface area (Å²) in [6.07, 6.45) is -2.81. The molecule has 1 amide bonds. The fraction of sp³-hybridized carbons (Fsp3) is 0.429. The van der Waals surface area contributed by atoms with Crippen molar-refractivity contribution in [1.82, 2.24) is 0 Å². The summed E-state index contributed by atoms with van der Waals surface area (Å²) < 4.78 is 3.86. The molecule has 0 saturated carbocycles. The van der Waals surface area contributed by atoms with Gasteiger partial charge in [0.1, 0.15) is 0 Å². The Bertz CT molecular complexity index is 298. The maximum Gasteiger partial charge on any atom is 0.412 e. The molecular weight excluding hydrogens is 210 g/mol. The molecule has 15 heavy (non-hydrogen) atoms. The first kappa shape index (κ1) is 12.9. The lowest BCUT2D eigenvalue weighted by Gasteiger charge is -2.07. The summed E-state index contributed by atoms with van der Waals surface area (Å²) >= 11 is 0. The molecule has 0 aliphatic heterocycles. The Morgan fingerprint density at radius 2 is 1.67 bits per heavy atom. The van der Waals surface area contributed by atoms with Crippen molar-refractivity contribution >= 4 is 24.0 Å². The first-order valence-corrected chi connectivity index (χ1v) is 3.77. The van der Waals surface area contributed by atoms with E-state index in [1.807, 2.05) is 0 Å². The molecule has 0 heterocycles. The SMILES string of the molecule is NC(=O)OC(=O)CC(CC(=O)O)C(=O)O. The molecule has 0 aliphatic carbocycles. The van der Waals surface area contributed by atoms with Crippen LogP contribution >= 0.6 is 0 Å². The van der Waals surface area contributed by atoms with E-state index in [0.717, 1.165) is 0 Å². The molecule has 0 bridgehead atoms. The van der Waals surface area contributed by atoms with Gasteiger partial charge in [0.25, 0.3) is 0 Å². The molecule has 1 unspecified atom stereocenters. The van der Waals surface area contributed by atoms with Crippen molar-refractivity contribution in [2.45, 2.75) is 12.8 Å². The summed E-state index contributed by atoms with van der Waals surface area (Å²) in [5.74, 6) is -5.43. The van der Waals surface area contributed by atoms with E-state index in [9.17, 15) is 19.2 Å². The lowest BCUT2D eigenvalue weighted by atomic mass is 10.0. The molecule has 0 fully saturated rings. The second-order valence-electron chi connectivity index (χ2n) is 2.63. The number of carbonyl (C=O) groups is 4. The van der Waals surface area contributed by atoms with Gasteiger partial charge >= 0.3 is 24.0 Å². The minimum atomic E-state index is -1.46. The Hall–Kier alpha value is -2.12. The number of primary amides is 1. The number of amides is 1. The topological polar surface area (TPSA) is 144 Å². The Labute approximate surface area is 83.6 Å². The van der Waals surface area contributed by atoms with Gasteiger partial charge in [-0.3, -0.25) is 14.4 Å². The highest BCUT2D eigenvalue weighted by atomic mass is 16.6. The fourth-order valence-electron chi connectivity index (χ4n) is 0.813. The average Bonchev–Trinajstić information content (AvgIpc) is 1.99. The first-order valence-electron chi connectivity index (χ1n) is 3.77. The van der Waals surface area contributed by atoms with Crippen molar-refractivity contribution in [3.63, 3.8) is 0 Å². The fourth-order valence-corrected chi connectivity index (χ4v) is 0.813. The Balaban J connectivity index is 4.28. The van der Waals surface area contributed by atoms with E-state index < -0.39 is 42.8 Å². The summed E-state index contributed by atoms with van der Waals surface area (Å²) in [5.41, 5.74) is 4.50. The highest BCUT2D eigenvalue weighted by molar-refractivity contribution is 5.87. The van der Waals surface area contributed by atoms with Gasteiger partial charge in [-0.05, 0) is 0 Å². The number of hydrogen-bond acceptors (Lipinski definition) is 5. The normalized spacial score (nSPS) is 11.5. The van der Waals surface area contributed by atoms with Gasteiger partial charge in [0.05, 0.1) is 18.8 Å². The van der Waals surface area contributed by atoms with Crippen molar-refractivity contribution in [2.75, 3.05) is 0 Å². The van der Waals surface area contributed by atoms with Crippen LogP contribution in [0.4, 0.5) is 4.79 Å². The van der Waals surface area contributed by atoms with Crippen molar-refractivity contribution in [3.8, 4) is 0 Å². The van der Waals surface area contributed by atoms with Gasteiger partial charge in [0.15, 0.2) is 0 Å². The number of nitrogens with two attached hydrogens (primary N) is 1. The predicted octanol–water partition coefficient (Wildman–Crippen LogP) is -0.826. The third kappa shape index (κ3) is 6.02. The monoisotopic (exact) mass is 219 g/mol. The molecule has 8 heteroatoms. The molecule has 0 aromatic carbocycles. The Morgan fingerprint density at radius 1 is 1.13 bits per heavy atom. The first-order chi connectivity index (χ1) is 6.82. The number of hydrogen-bond donors (Lipinski definition) is 3. The maximum absolute atomic E-state index is 10.8. The standard InChI is InChI=1S/C7H9NO7/c8-7(14)15-5(11)2-3(6(12)13)1-4(9)10/h3H,1-2H2,(H2,8,14)(H,9,10)(H,12,13). The van der Waals surface area contributed by atoms with E-state index in [-0.39, 0.29) is 0 Å². The number of carbonyl (C=O) groups excluding carboxylic acids is 2. The molecule has 0 aromatic heterocycles. The van der Waals surface area contributed by atoms with Crippen LogP contribution in [0, 0.1) is 5.92 Å². The quantitative estimate of drug-likeness (QED) is 0.404. The molecule has 0 aromatic rings. The number of aliphatic carboxylic acids is 2. The zero-order valence-corrected chi connectivity index (χ0v) is 7.50. The molecule has 0 aliphatic rings. The minimum Gasteiger partial charge on any atom is -0.481 e. The van der Waals surface area contributed by atoms with Crippen LogP contribution in [0.2, 0.25) is 0 Å². The largest absolute Gasteiger partial charge is 0.481 e. The van der Waals surface area contributed by atoms with Crippen LogP contribution < -0.4 is 5.73 Å². The van der Waals surface area contributed by atoms with E-state index >= 15 is 0 Å². The van der Waals surface area contributed by atoms with Crippen molar-refractivity contribution < 1.29 is 34.1 Å². The summed E-state index contributed by atoms with van der Waals surface area (Å²) in [6.45, 7) is 0. The van der Waals surface area contributed by atoms with Gasteiger partial charge in [-0.15, -0.1) is 0 Å². The van der Waals surface area contributed by atoms with Crippen LogP contribution in [-0.4, -0.2) is 34.2 Å². The lowest BCUT2D eigenvalue weighted by Crippen LogP contribution is -2.25. The van der Waals surface area contributed by atoms with E-state index in [4.69, 9.17) is 10.2 Å². The van der Waals surface area contributed by atoms with E-state index in [0.29, 0.717) is 0 Å². The molecule has 8 nitrogen and oxygen atoms in total. The maximum atomic E-state index is 10.8. The molecule has 0 radical (unpaired) electrons. The van der Waals surface area contributed by atoms with Crippen LogP contribution in [0.5, 0.6) is 0 Å². The number of ether oxygens (including phenoxy) is 1. The summed E-state index contributed by atoms with van der Waals surface area (Å²) in [4.78, 5) is 41.5. The molecule has 0 rings (SSSR count).